The van der Waals surface area contributed by atoms with Gasteiger partial charge < -0.3 is 0 Å². The van der Waals surface area contributed by atoms with E-state index in [-0.39, 0.29) is 5.78 Å². The second-order valence-electron chi connectivity index (χ2n) is 4.49. The van der Waals surface area contributed by atoms with Gasteiger partial charge in [0.1, 0.15) is 0 Å². The van der Waals surface area contributed by atoms with E-state index in [1.807, 2.05) is 32.9 Å². The third-order valence-electron chi connectivity index (χ3n) is 2.17. The van der Waals surface area contributed by atoms with Crippen LogP contribution in [0.5, 0.6) is 0 Å². The zero-order chi connectivity index (χ0) is 11.6. The van der Waals surface area contributed by atoms with Gasteiger partial charge in [0.2, 0.25) is 0 Å². The molecular weight excluding hydrogens is 208 g/mol. The zero-order valence-corrected chi connectivity index (χ0v) is 10.1. The summed E-state index contributed by atoms with van der Waals surface area (Å²) in [6.45, 7) is 9.33. The number of hydrogen-bond donors (Lipinski definition) is 0. The van der Waals surface area contributed by atoms with Crippen LogP contribution in [-0.4, -0.2) is 5.78 Å². The number of benzene rings is 1. The summed E-state index contributed by atoms with van der Waals surface area (Å²) in [5.41, 5.74) is 0.937. The molecule has 1 aromatic carbocycles. The lowest BCUT2D eigenvalue weighted by Crippen LogP contribution is -2.21. The van der Waals surface area contributed by atoms with Gasteiger partial charge in [0.25, 0.3) is 0 Å². The average molecular weight is 223 g/mol. The van der Waals surface area contributed by atoms with E-state index in [9.17, 15) is 4.79 Å². The van der Waals surface area contributed by atoms with Gasteiger partial charge in [0.15, 0.2) is 5.78 Å². The molecule has 0 fully saturated rings. The minimum atomic E-state index is -0.428. The normalized spacial score (nSPS) is 11.2. The minimum Gasteiger partial charge on any atom is -0.294 e. The number of Topliss-reactive ketones (excluding diaryl/α,β-unsaturated/α-hetero) is 1. The van der Waals surface area contributed by atoms with Gasteiger partial charge in [-0.2, -0.15) is 0 Å². The molecule has 1 rings (SSSR count). The lowest BCUT2D eigenvalue weighted by Gasteiger charge is -2.19. The number of carbonyl (C=O) groups is 1. The monoisotopic (exact) mass is 222 g/mol. The third kappa shape index (κ3) is 2.48. The summed E-state index contributed by atoms with van der Waals surface area (Å²) in [5.74, 6) is 0.0444. The van der Waals surface area contributed by atoms with Gasteiger partial charge in [-0.3, -0.25) is 4.79 Å². The van der Waals surface area contributed by atoms with Crippen LogP contribution >= 0.6 is 11.6 Å². The van der Waals surface area contributed by atoms with E-state index in [4.69, 9.17) is 11.6 Å². The number of halogens is 1. The molecule has 1 nitrogen and oxygen atoms in total. The summed E-state index contributed by atoms with van der Waals surface area (Å²) in [7, 11) is 0. The second-order valence-corrected chi connectivity index (χ2v) is 4.89. The van der Waals surface area contributed by atoms with Crippen LogP contribution in [0.3, 0.4) is 0 Å². The van der Waals surface area contributed by atoms with Crippen LogP contribution < -0.4 is 0 Å². The van der Waals surface area contributed by atoms with Gasteiger partial charge in [-0.05, 0) is 11.6 Å². The van der Waals surface area contributed by atoms with Gasteiger partial charge in [-0.1, -0.05) is 57.2 Å². The van der Waals surface area contributed by atoms with Crippen LogP contribution in [0.2, 0.25) is 5.02 Å². The highest BCUT2D eigenvalue weighted by Gasteiger charge is 2.26. The Balaban J connectivity index is 3.36. The molecule has 1 aromatic rings. The van der Waals surface area contributed by atoms with Crippen molar-refractivity contribution in [2.45, 2.75) is 20.8 Å². The summed E-state index contributed by atoms with van der Waals surface area (Å²) in [5, 5.41) is 0.493. The average Bonchev–Trinajstić information content (AvgIpc) is 2.15. The quantitative estimate of drug-likeness (QED) is 0.685. The Kier molecular flexibility index (Phi) is 3.35. The first kappa shape index (κ1) is 12.0. The Morgan fingerprint density at radius 2 is 2.00 bits per heavy atom. The lowest BCUT2D eigenvalue weighted by atomic mass is 9.84. The molecule has 0 saturated carbocycles. The lowest BCUT2D eigenvalue weighted by molar-refractivity contribution is 0.0858. The Hall–Kier alpha value is -1.08. The molecule has 15 heavy (non-hydrogen) atoms. The van der Waals surface area contributed by atoms with E-state index in [0.717, 1.165) is 5.56 Å². The molecule has 0 radical (unpaired) electrons. The van der Waals surface area contributed by atoms with Crippen LogP contribution in [-0.2, 0) is 0 Å². The van der Waals surface area contributed by atoms with Crippen molar-refractivity contribution in [2.75, 3.05) is 0 Å². The van der Waals surface area contributed by atoms with E-state index >= 15 is 0 Å². The Bertz CT molecular complexity index is 399. The summed E-state index contributed by atoms with van der Waals surface area (Å²) < 4.78 is 0. The molecule has 0 unspecified atom stereocenters. The molecule has 0 heterocycles. The predicted molar refractivity (Wildman–Crippen MR) is 65.3 cm³/mol. The van der Waals surface area contributed by atoms with Crippen molar-refractivity contribution in [2.24, 2.45) is 5.41 Å². The van der Waals surface area contributed by atoms with E-state index < -0.39 is 5.41 Å². The maximum absolute atomic E-state index is 12.1. The molecule has 0 aromatic heterocycles. The molecule has 0 saturated heterocycles. The van der Waals surface area contributed by atoms with Gasteiger partial charge in [0, 0.05) is 11.0 Å². The maximum atomic E-state index is 12.1. The Morgan fingerprint density at radius 3 is 2.47 bits per heavy atom. The van der Waals surface area contributed by atoms with Crippen LogP contribution in [0.25, 0.3) is 6.08 Å². The molecule has 0 bridgehead atoms. The molecule has 0 amide bonds. The summed E-state index contributed by atoms with van der Waals surface area (Å²) in [6, 6.07) is 5.39. The molecule has 0 spiro atoms. The van der Waals surface area contributed by atoms with Crippen molar-refractivity contribution in [1.29, 1.82) is 0 Å². The Labute approximate surface area is 95.8 Å². The highest BCUT2D eigenvalue weighted by Crippen LogP contribution is 2.29. The summed E-state index contributed by atoms with van der Waals surface area (Å²) in [6.07, 6.45) is 1.66. The molecule has 0 aliphatic carbocycles. The summed E-state index contributed by atoms with van der Waals surface area (Å²) >= 11 is 6.04. The van der Waals surface area contributed by atoms with E-state index in [2.05, 4.69) is 6.58 Å². The fraction of sp³-hybridized carbons (Fsp3) is 0.308. The highest BCUT2D eigenvalue weighted by atomic mass is 35.5. The molecule has 0 aliphatic rings. The molecule has 0 N–H and O–H groups in total. The van der Waals surface area contributed by atoms with Crippen molar-refractivity contribution >= 4 is 23.5 Å². The van der Waals surface area contributed by atoms with Gasteiger partial charge in [-0.25, -0.2) is 0 Å². The van der Waals surface area contributed by atoms with Gasteiger partial charge >= 0.3 is 0 Å². The fourth-order valence-corrected chi connectivity index (χ4v) is 1.59. The SMILES string of the molecule is C=Cc1cccc(Cl)c1C(=O)C(C)(C)C. The van der Waals surface area contributed by atoms with Crippen molar-refractivity contribution in [3.05, 3.63) is 40.9 Å². The number of rotatable bonds is 2. The number of carbonyl (C=O) groups excluding carboxylic acids is 1. The third-order valence-corrected chi connectivity index (χ3v) is 2.49. The maximum Gasteiger partial charge on any atom is 0.170 e. The molecular formula is C13H15ClO. The smallest absolute Gasteiger partial charge is 0.170 e. The molecule has 0 atom stereocenters. The van der Waals surface area contributed by atoms with E-state index in [0.29, 0.717) is 10.6 Å². The van der Waals surface area contributed by atoms with Crippen molar-refractivity contribution in [3.63, 3.8) is 0 Å². The van der Waals surface area contributed by atoms with Crippen LogP contribution in [0, 0.1) is 5.41 Å². The Morgan fingerprint density at radius 1 is 1.40 bits per heavy atom. The molecule has 0 aliphatic heterocycles. The van der Waals surface area contributed by atoms with Crippen LogP contribution in [0.1, 0.15) is 36.7 Å². The standard InChI is InChI=1S/C13H15ClO/c1-5-9-7-6-8-10(14)11(9)12(15)13(2,3)4/h5-8H,1H2,2-4H3. The summed E-state index contributed by atoms with van der Waals surface area (Å²) in [4.78, 5) is 12.1. The van der Waals surface area contributed by atoms with Crippen LogP contribution in [0.15, 0.2) is 24.8 Å². The predicted octanol–water partition coefficient (Wildman–Crippen LogP) is 4.21. The minimum absolute atomic E-state index is 0.0444. The molecule has 80 valence electrons. The highest BCUT2D eigenvalue weighted by molar-refractivity contribution is 6.34. The second kappa shape index (κ2) is 4.19. The number of hydrogen-bond acceptors (Lipinski definition) is 1. The number of ketones is 1. The first-order valence-corrected chi connectivity index (χ1v) is 5.21. The zero-order valence-electron chi connectivity index (χ0n) is 9.30. The van der Waals surface area contributed by atoms with E-state index in [1.54, 1.807) is 12.1 Å². The van der Waals surface area contributed by atoms with Crippen molar-refractivity contribution in [3.8, 4) is 0 Å². The first-order chi connectivity index (χ1) is 6.88. The van der Waals surface area contributed by atoms with E-state index in [1.165, 1.54) is 0 Å². The van der Waals surface area contributed by atoms with Gasteiger partial charge in [-0.15, -0.1) is 0 Å². The van der Waals surface area contributed by atoms with Crippen LogP contribution in [0.4, 0.5) is 0 Å². The molecule has 2 heteroatoms. The first-order valence-electron chi connectivity index (χ1n) is 4.83. The van der Waals surface area contributed by atoms with Crippen molar-refractivity contribution < 1.29 is 4.79 Å². The topological polar surface area (TPSA) is 17.1 Å². The largest absolute Gasteiger partial charge is 0.294 e. The van der Waals surface area contributed by atoms with Gasteiger partial charge in [0.05, 0.1) is 5.02 Å². The fourth-order valence-electron chi connectivity index (χ4n) is 1.33. The van der Waals surface area contributed by atoms with Crippen molar-refractivity contribution in [1.82, 2.24) is 0 Å².